The van der Waals surface area contributed by atoms with Crippen LogP contribution in [-0.4, -0.2) is 44.1 Å². The Hall–Kier alpha value is -1.40. The number of likely N-dealkylation sites (tertiary alicyclic amines) is 1. The third kappa shape index (κ3) is 2.86. The van der Waals surface area contributed by atoms with Crippen LogP contribution in [0.2, 0.25) is 0 Å². The van der Waals surface area contributed by atoms with Crippen LogP contribution in [0.1, 0.15) is 30.1 Å². The molecule has 0 bridgehead atoms. The van der Waals surface area contributed by atoms with Crippen LogP contribution in [0.3, 0.4) is 0 Å². The second-order valence-corrected chi connectivity index (χ2v) is 7.24. The van der Waals surface area contributed by atoms with Crippen LogP contribution in [0.25, 0.3) is 0 Å². The Morgan fingerprint density at radius 1 is 1.35 bits per heavy atom. The molecule has 110 valence electrons. The Morgan fingerprint density at radius 3 is 2.55 bits per heavy atom. The molecule has 0 aliphatic carbocycles. The SMILES string of the molecule is CCS(=O)(=O)c1ccc(C(=O)N2CCCC2CN)cc1. The van der Waals surface area contributed by atoms with Gasteiger partial charge in [0.15, 0.2) is 9.84 Å². The first-order chi connectivity index (χ1) is 9.49. The Kier molecular flexibility index (Phi) is 4.45. The highest BCUT2D eigenvalue weighted by Gasteiger charge is 2.28. The summed E-state index contributed by atoms with van der Waals surface area (Å²) in [6.45, 7) is 2.79. The molecule has 1 aliphatic heterocycles. The number of carbonyl (C=O) groups is 1. The van der Waals surface area contributed by atoms with E-state index < -0.39 is 9.84 Å². The number of hydrogen-bond acceptors (Lipinski definition) is 4. The maximum absolute atomic E-state index is 12.4. The normalized spacial score (nSPS) is 19.3. The average Bonchev–Trinajstić information content (AvgIpc) is 2.95. The predicted molar refractivity (Wildman–Crippen MR) is 77.3 cm³/mol. The first kappa shape index (κ1) is 15.0. The lowest BCUT2D eigenvalue weighted by atomic mass is 10.1. The molecule has 1 aliphatic rings. The lowest BCUT2D eigenvalue weighted by Crippen LogP contribution is -2.39. The Labute approximate surface area is 119 Å². The number of nitrogens with two attached hydrogens (primary N) is 1. The monoisotopic (exact) mass is 296 g/mol. The van der Waals surface area contributed by atoms with E-state index in [9.17, 15) is 13.2 Å². The zero-order valence-electron chi connectivity index (χ0n) is 11.6. The molecule has 20 heavy (non-hydrogen) atoms. The molecule has 1 heterocycles. The smallest absolute Gasteiger partial charge is 0.254 e. The van der Waals surface area contributed by atoms with Crippen molar-refractivity contribution in [2.75, 3.05) is 18.8 Å². The molecule has 5 nitrogen and oxygen atoms in total. The van der Waals surface area contributed by atoms with Crippen molar-refractivity contribution in [1.29, 1.82) is 0 Å². The van der Waals surface area contributed by atoms with Crippen molar-refractivity contribution in [1.82, 2.24) is 4.90 Å². The third-order valence-electron chi connectivity index (χ3n) is 3.75. The summed E-state index contributed by atoms with van der Waals surface area (Å²) in [5, 5.41) is 0. The van der Waals surface area contributed by atoms with Gasteiger partial charge in [0, 0.05) is 24.7 Å². The third-order valence-corrected chi connectivity index (χ3v) is 5.50. The molecule has 6 heteroatoms. The minimum Gasteiger partial charge on any atom is -0.334 e. The zero-order valence-corrected chi connectivity index (χ0v) is 12.4. The van der Waals surface area contributed by atoms with Crippen molar-refractivity contribution < 1.29 is 13.2 Å². The van der Waals surface area contributed by atoms with Crippen LogP contribution < -0.4 is 5.73 Å². The van der Waals surface area contributed by atoms with Gasteiger partial charge in [0.25, 0.3) is 5.91 Å². The molecule has 1 aromatic rings. The van der Waals surface area contributed by atoms with Gasteiger partial charge in [-0.25, -0.2) is 8.42 Å². The maximum Gasteiger partial charge on any atom is 0.254 e. The van der Waals surface area contributed by atoms with Crippen molar-refractivity contribution in [2.24, 2.45) is 5.73 Å². The van der Waals surface area contributed by atoms with Crippen molar-refractivity contribution >= 4 is 15.7 Å². The van der Waals surface area contributed by atoms with E-state index in [0.29, 0.717) is 12.1 Å². The minimum absolute atomic E-state index is 0.0572. The van der Waals surface area contributed by atoms with Gasteiger partial charge in [0.2, 0.25) is 0 Å². The van der Waals surface area contributed by atoms with E-state index in [1.54, 1.807) is 24.0 Å². The van der Waals surface area contributed by atoms with Crippen molar-refractivity contribution in [2.45, 2.75) is 30.7 Å². The van der Waals surface area contributed by atoms with Crippen molar-refractivity contribution in [3.05, 3.63) is 29.8 Å². The zero-order chi connectivity index (χ0) is 14.8. The van der Waals surface area contributed by atoms with E-state index in [1.165, 1.54) is 12.1 Å². The van der Waals surface area contributed by atoms with Gasteiger partial charge in [-0.1, -0.05) is 6.92 Å². The second kappa shape index (κ2) is 5.93. The van der Waals surface area contributed by atoms with Gasteiger partial charge < -0.3 is 10.6 Å². The number of sulfone groups is 1. The summed E-state index contributed by atoms with van der Waals surface area (Å²) in [6.07, 6.45) is 1.90. The summed E-state index contributed by atoms with van der Waals surface area (Å²) in [5.74, 6) is -0.0137. The van der Waals surface area contributed by atoms with Gasteiger partial charge in [-0.05, 0) is 37.1 Å². The molecular weight excluding hydrogens is 276 g/mol. The topological polar surface area (TPSA) is 80.5 Å². The standard InChI is InChI=1S/C14H20N2O3S/c1-2-20(18,19)13-7-5-11(6-8-13)14(17)16-9-3-4-12(16)10-15/h5-8,12H,2-4,9-10,15H2,1H3. The van der Waals surface area contributed by atoms with E-state index in [-0.39, 0.29) is 22.6 Å². The molecule has 1 saturated heterocycles. The Balaban J connectivity index is 2.20. The molecule has 0 radical (unpaired) electrons. The molecule has 1 aromatic carbocycles. The quantitative estimate of drug-likeness (QED) is 0.900. The molecule has 1 fully saturated rings. The van der Waals surface area contributed by atoms with E-state index >= 15 is 0 Å². The van der Waals surface area contributed by atoms with Gasteiger partial charge >= 0.3 is 0 Å². The minimum atomic E-state index is -3.22. The Morgan fingerprint density at radius 2 is 2.00 bits per heavy atom. The summed E-state index contributed by atoms with van der Waals surface area (Å²) < 4.78 is 23.4. The van der Waals surface area contributed by atoms with Gasteiger partial charge in [0.05, 0.1) is 10.6 Å². The molecule has 1 amide bonds. The molecule has 0 aromatic heterocycles. The number of nitrogens with zero attached hydrogens (tertiary/aromatic N) is 1. The molecule has 1 unspecified atom stereocenters. The fourth-order valence-corrected chi connectivity index (χ4v) is 3.37. The first-order valence-corrected chi connectivity index (χ1v) is 8.48. The molecular formula is C14H20N2O3S. The largest absolute Gasteiger partial charge is 0.334 e. The highest BCUT2D eigenvalue weighted by atomic mass is 32.2. The highest BCUT2D eigenvalue weighted by Crippen LogP contribution is 2.20. The number of benzene rings is 1. The van der Waals surface area contributed by atoms with Gasteiger partial charge in [-0.3, -0.25) is 4.79 Å². The second-order valence-electron chi connectivity index (χ2n) is 4.96. The molecule has 2 rings (SSSR count). The van der Waals surface area contributed by atoms with Crippen LogP contribution in [0, 0.1) is 0 Å². The highest BCUT2D eigenvalue weighted by molar-refractivity contribution is 7.91. The lowest BCUT2D eigenvalue weighted by molar-refractivity contribution is 0.0741. The summed E-state index contributed by atoms with van der Waals surface area (Å²) in [7, 11) is -3.22. The van der Waals surface area contributed by atoms with Crippen LogP contribution in [0.5, 0.6) is 0 Å². The molecule has 2 N–H and O–H groups in total. The number of carbonyl (C=O) groups excluding carboxylic acids is 1. The van der Waals surface area contributed by atoms with Crippen molar-refractivity contribution in [3.63, 3.8) is 0 Å². The van der Waals surface area contributed by atoms with Crippen molar-refractivity contribution in [3.8, 4) is 0 Å². The van der Waals surface area contributed by atoms with Crippen LogP contribution >= 0.6 is 0 Å². The number of amides is 1. The fraction of sp³-hybridized carbons (Fsp3) is 0.500. The van der Waals surface area contributed by atoms with Crippen LogP contribution in [0.4, 0.5) is 0 Å². The van der Waals surface area contributed by atoms with E-state index in [4.69, 9.17) is 5.73 Å². The van der Waals surface area contributed by atoms with Gasteiger partial charge in [-0.15, -0.1) is 0 Å². The Bertz CT molecular complexity index is 581. The van der Waals surface area contributed by atoms with Crippen LogP contribution in [0.15, 0.2) is 29.2 Å². The van der Waals surface area contributed by atoms with Gasteiger partial charge in [-0.2, -0.15) is 0 Å². The van der Waals surface area contributed by atoms with E-state index in [0.717, 1.165) is 19.4 Å². The summed E-state index contributed by atoms with van der Waals surface area (Å²) in [4.78, 5) is 14.4. The summed E-state index contributed by atoms with van der Waals surface area (Å²) >= 11 is 0. The first-order valence-electron chi connectivity index (χ1n) is 6.83. The van der Waals surface area contributed by atoms with Gasteiger partial charge in [0.1, 0.15) is 0 Å². The van der Waals surface area contributed by atoms with E-state index in [1.807, 2.05) is 0 Å². The fourth-order valence-electron chi connectivity index (χ4n) is 2.49. The number of rotatable bonds is 4. The summed E-state index contributed by atoms with van der Waals surface area (Å²) in [5.41, 5.74) is 6.18. The predicted octanol–water partition coefficient (Wildman–Crippen LogP) is 1.04. The number of hydrogen-bond donors (Lipinski definition) is 1. The molecule has 0 spiro atoms. The van der Waals surface area contributed by atoms with Crippen LogP contribution in [-0.2, 0) is 9.84 Å². The lowest BCUT2D eigenvalue weighted by Gasteiger charge is -2.23. The average molecular weight is 296 g/mol. The molecule has 1 atom stereocenters. The molecule has 0 saturated carbocycles. The summed E-state index contributed by atoms with van der Waals surface area (Å²) in [6, 6.07) is 6.26. The van der Waals surface area contributed by atoms with E-state index in [2.05, 4.69) is 0 Å². The maximum atomic E-state index is 12.4.